The number of amides is 1. The zero-order chi connectivity index (χ0) is 25.8. The first kappa shape index (κ1) is 24.9. The molecule has 1 aromatic heterocycles. The van der Waals surface area contributed by atoms with Crippen molar-refractivity contribution in [3.05, 3.63) is 122 Å². The summed E-state index contributed by atoms with van der Waals surface area (Å²) in [4.78, 5) is 29.0. The maximum absolute atomic E-state index is 13.2. The van der Waals surface area contributed by atoms with Gasteiger partial charge in [-0.05, 0) is 82.8 Å². The maximum Gasteiger partial charge on any atom is 0.343 e. The Bertz CT molecular complexity index is 1630. The summed E-state index contributed by atoms with van der Waals surface area (Å²) in [5.41, 5.74) is 6.58. The van der Waals surface area contributed by atoms with Crippen LogP contribution in [0, 0.1) is 3.57 Å². The fourth-order valence-corrected chi connectivity index (χ4v) is 4.64. The number of nitrogens with one attached hydrogen (secondary N) is 2. The quantitative estimate of drug-likeness (QED) is 0.0664. The second-order valence-corrected chi connectivity index (χ2v) is 10.2. The van der Waals surface area contributed by atoms with E-state index >= 15 is 0 Å². The van der Waals surface area contributed by atoms with Crippen molar-refractivity contribution in [3.8, 4) is 16.9 Å². The highest BCUT2D eigenvalue weighted by atomic mass is 127. The predicted octanol–water partition coefficient (Wildman–Crippen LogP) is 7.19. The minimum absolute atomic E-state index is 0.332. The standard InChI is InChI=1S/C29H19BrIN3O3/c30-21-12-10-19(11-13-21)29(36)37-25-9-5-4-8-20(25)17-32-34-28(35)27-26(18-6-2-1-3-7-18)23-16-22(31)14-15-24(23)33-27/h1-17,33H,(H,34,35). The molecular weight excluding hydrogens is 645 g/mol. The molecule has 0 aliphatic rings. The van der Waals surface area contributed by atoms with Gasteiger partial charge < -0.3 is 9.72 Å². The van der Waals surface area contributed by atoms with Gasteiger partial charge in [0, 0.05) is 30.1 Å². The lowest BCUT2D eigenvalue weighted by molar-refractivity contribution is 0.0734. The fraction of sp³-hybridized carbons (Fsp3) is 0. The Morgan fingerprint density at radius 1 is 0.919 bits per heavy atom. The van der Waals surface area contributed by atoms with Gasteiger partial charge in [-0.15, -0.1) is 0 Å². The number of carbonyl (C=O) groups excluding carboxylic acids is 2. The number of fused-ring (bicyclic) bond motifs is 1. The number of carbonyl (C=O) groups is 2. The molecule has 2 N–H and O–H groups in total. The number of halogens is 2. The largest absolute Gasteiger partial charge is 0.422 e. The van der Waals surface area contributed by atoms with Crippen LogP contribution in [-0.2, 0) is 0 Å². The van der Waals surface area contributed by atoms with Gasteiger partial charge in [0.15, 0.2) is 0 Å². The van der Waals surface area contributed by atoms with Crippen LogP contribution >= 0.6 is 38.5 Å². The Morgan fingerprint density at radius 2 is 1.65 bits per heavy atom. The number of hydrogen-bond acceptors (Lipinski definition) is 4. The summed E-state index contributed by atoms with van der Waals surface area (Å²) in [7, 11) is 0. The molecule has 5 rings (SSSR count). The fourth-order valence-electron chi connectivity index (χ4n) is 3.88. The van der Waals surface area contributed by atoms with Crippen molar-refractivity contribution in [1.82, 2.24) is 10.4 Å². The Labute approximate surface area is 235 Å². The van der Waals surface area contributed by atoms with Gasteiger partial charge in [-0.3, -0.25) is 4.79 Å². The van der Waals surface area contributed by atoms with Gasteiger partial charge in [0.05, 0.1) is 11.8 Å². The highest BCUT2D eigenvalue weighted by Gasteiger charge is 2.19. The Hall–Kier alpha value is -3.76. The zero-order valence-electron chi connectivity index (χ0n) is 19.2. The van der Waals surface area contributed by atoms with Crippen LogP contribution in [0.5, 0.6) is 5.75 Å². The third-order valence-corrected chi connectivity index (χ3v) is 6.82. The molecule has 0 aliphatic heterocycles. The molecule has 37 heavy (non-hydrogen) atoms. The number of rotatable bonds is 6. The van der Waals surface area contributed by atoms with E-state index in [-0.39, 0.29) is 5.91 Å². The van der Waals surface area contributed by atoms with Crippen LogP contribution < -0.4 is 10.2 Å². The van der Waals surface area contributed by atoms with E-state index < -0.39 is 5.97 Å². The Balaban J connectivity index is 1.38. The van der Waals surface area contributed by atoms with Gasteiger partial charge >= 0.3 is 5.97 Å². The highest BCUT2D eigenvalue weighted by molar-refractivity contribution is 14.1. The van der Waals surface area contributed by atoms with Gasteiger partial charge in [0.25, 0.3) is 5.91 Å². The van der Waals surface area contributed by atoms with Crippen LogP contribution in [0.3, 0.4) is 0 Å². The second-order valence-electron chi connectivity index (χ2n) is 8.06. The van der Waals surface area contributed by atoms with Gasteiger partial charge in [0.2, 0.25) is 0 Å². The number of nitrogens with zero attached hydrogens (tertiary/aromatic N) is 1. The van der Waals surface area contributed by atoms with Crippen LogP contribution in [0.1, 0.15) is 26.4 Å². The summed E-state index contributed by atoms with van der Waals surface area (Å²) in [6, 6.07) is 29.6. The molecule has 1 heterocycles. The van der Waals surface area contributed by atoms with Crippen LogP contribution in [0.4, 0.5) is 0 Å². The van der Waals surface area contributed by atoms with Crippen LogP contribution in [0.25, 0.3) is 22.0 Å². The molecule has 5 aromatic rings. The van der Waals surface area contributed by atoms with Crippen molar-refractivity contribution in [2.45, 2.75) is 0 Å². The van der Waals surface area contributed by atoms with Crippen molar-refractivity contribution >= 4 is 67.5 Å². The van der Waals surface area contributed by atoms with Gasteiger partial charge in [0.1, 0.15) is 11.4 Å². The monoisotopic (exact) mass is 663 g/mol. The van der Waals surface area contributed by atoms with E-state index in [9.17, 15) is 9.59 Å². The molecule has 0 unspecified atom stereocenters. The molecule has 0 bridgehead atoms. The molecular formula is C29H19BrIN3O3. The summed E-state index contributed by atoms with van der Waals surface area (Å²) in [5.74, 6) is -0.540. The lowest BCUT2D eigenvalue weighted by Gasteiger charge is -2.07. The SMILES string of the molecule is O=C(Oc1ccccc1C=NNC(=O)c1[nH]c2ccc(I)cc2c1-c1ccccc1)c1ccc(Br)cc1. The summed E-state index contributed by atoms with van der Waals surface area (Å²) in [5, 5.41) is 5.11. The average Bonchev–Trinajstić information content (AvgIpc) is 3.29. The smallest absolute Gasteiger partial charge is 0.343 e. The first-order valence-corrected chi connectivity index (χ1v) is 13.1. The zero-order valence-corrected chi connectivity index (χ0v) is 23.0. The van der Waals surface area contributed by atoms with E-state index in [0.717, 1.165) is 30.1 Å². The van der Waals surface area contributed by atoms with Gasteiger partial charge in [-0.1, -0.05) is 58.4 Å². The number of esters is 1. The second kappa shape index (κ2) is 11.1. The number of para-hydroxylation sites is 1. The molecule has 0 atom stereocenters. The predicted molar refractivity (Wildman–Crippen MR) is 157 cm³/mol. The van der Waals surface area contributed by atoms with Gasteiger partial charge in [-0.2, -0.15) is 5.10 Å². The minimum Gasteiger partial charge on any atom is -0.422 e. The average molecular weight is 664 g/mol. The lowest BCUT2D eigenvalue weighted by Crippen LogP contribution is -2.19. The molecule has 0 saturated carbocycles. The maximum atomic E-state index is 13.2. The summed E-state index contributed by atoms with van der Waals surface area (Å²) < 4.78 is 7.51. The third kappa shape index (κ3) is 5.65. The summed E-state index contributed by atoms with van der Waals surface area (Å²) in [6.45, 7) is 0. The van der Waals surface area contributed by atoms with E-state index in [4.69, 9.17) is 4.74 Å². The number of hydrogen-bond donors (Lipinski definition) is 2. The van der Waals surface area contributed by atoms with Crippen molar-refractivity contribution in [2.75, 3.05) is 0 Å². The van der Waals surface area contributed by atoms with Crippen LogP contribution in [0.2, 0.25) is 0 Å². The topological polar surface area (TPSA) is 83.5 Å². The van der Waals surface area contributed by atoms with Crippen molar-refractivity contribution in [2.24, 2.45) is 5.10 Å². The van der Waals surface area contributed by atoms with Crippen molar-refractivity contribution in [3.63, 3.8) is 0 Å². The van der Waals surface area contributed by atoms with E-state index in [1.54, 1.807) is 48.5 Å². The number of H-pyrrole nitrogens is 1. The molecule has 182 valence electrons. The van der Waals surface area contributed by atoms with E-state index in [0.29, 0.717) is 22.6 Å². The molecule has 0 saturated heterocycles. The molecule has 6 nitrogen and oxygen atoms in total. The normalized spacial score (nSPS) is 11.1. The number of hydrazone groups is 1. The lowest BCUT2D eigenvalue weighted by atomic mass is 10.0. The third-order valence-electron chi connectivity index (χ3n) is 5.62. The summed E-state index contributed by atoms with van der Waals surface area (Å²) in [6.07, 6.45) is 1.45. The minimum atomic E-state index is -0.488. The Kier molecular flexibility index (Phi) is 7.47. The highest BCUT2D eigenvalue weighted by Crippen LogP contribution is 2.33. The van der Waals surface area contributed by atoms with Crippen molar-refractivity contribution < 1.29 is 14.3 Å². The Morgan fingerprint density at radius 3 is 2.43 bits per heavy atom. The number of aromatic amines is 1. The van der Waals surface area contributed by atoms with Crippen LogP contribution in [0.15, 0.2) is 107 Å². The molecule has 0 spiro atoms. The number of aromatic nitrogens is 1. The van der Waals surface area contributed by atoms with Crippen LogP contribution in [-0.4, -0.2) is 23.1 Å². The summed E-state index contributed by atoms with van der Waals surface area (Å²) >= 11 is 5.61. The molecule has 0 fully saturated rings. The van der Waals surface area contributed by atoms with E-state index in [2.05, 4.69) is 54.0 Å². The molecule has 0 radical (unpaired) electrons. The molecule has 1 amide bonds. The van der Waals surface area contributed by atoms with E-state index in [1.807, 2.05) is 48.5 Å². The molecule has 4 aromatic carbocycles. The van der Waals surface area contributed by atoms with E-state index in [1.165, 1.54) is 6.21 Å². The first-order chi connectivity index (χ1) is 18.0. The number of benzene rings is 4. The first-order valence-electron chi connectivity index (χ1n) is 11.3. The molecule has 0 aliphatic carbocycles. The van der Waals surface area contributed by atoms with Gasteiger partial charge in [-0.25, -0.2) is 10.2 Å². The number of ether oxygens (including phenoxy) is 1. The van der Waals surface area contributed by atoms with Crippen molar-refractivity contribution in [1.29, 1.82) is 0 Å². The molecule has 8 heteroatoms.